The highest BCUT2D eigenvalue weighted by Crippen LogP contribution is 2.40. The number of carbonyl (C=O) groups is 1. The summed E-state index contributed by atoms with van der Waals surface area (Å²) in [6.07, 6.45) is -1.69. The fourth-order valence-electron chi connectivity index (χ4n) is 1.67. The van der Waals surface area contributed by atoms with Crippen LogP contribution in [0.1, 0.15) is 32.4 Å². The summed E-state index contributed by atoms with van der Waals surface area (Å²) in [5, 5.41) is 10.3. The second kappa shape index (κ2) is 7.36. The molecule has 1 aromatic rings. The Kier molecular flexibility index (Phi) is 6.10. The molecule has 0 aliphatic rings. The van der Waals surface area contributed by atoms with Crippen LogP contribution in [-0.4, -0.2) is 30.9 Å². The van der Waals surface area contributed by atoms with Gasteiger partial charge in [-0.2, -0.15) is 0 Å². The van der Waals surface area contributed by atoms with Crippen molar-refractivity contribution in [2.75, 3.05) is 13.7 Å². The first kappa shape index (κ1) is 16.6. The minimum absolute atomic E-state index is 0.151. The number of rotatable bonds is 6. The lowest BCUT2D eigenvalue weighted by Crippen LogP contribution is -2.18. The summed E-state index contributed by atoms with van der Waals surface area (Å²) >= 11 is 6.08. The van der Waals surface area contributed by atoms with Crippen LogP contribution in [0.25, 0.3) is 0 Å². The van der Waals surface area contributed by atoms with Gasteiger partial charge in [0.25, 0.3) is 0 Å². The molecule has 20 heavy (non-hydrogen) atoms. The zero-order valence-corrected chi connectivity index (χ0v) is 12.7. The molecule has 5 nitrogen and oxygen atoms in total. The first-order valence-electron chi connectivity index (χ1n) is 6.30. The molecule has 0 aromatic heterocycles. The number of methoxy groups -OCH3 is 1. The highest BCUT2D eigenvalue weighted by Gasteiger charge is 2.28. The third-order valence-corrected chi connectivity index (χ3v) is 2.79. The van der Waals surface area contributed by atoms with Gasteiger partial charge in [0, 0.05) is 0 Å². The molecule has 0 aliphatic heterocycles. The van der Waals surface area contributed by atoms with Crippen LogP contribution in [0, 0.1) is 0 Å². The van der Waals surface area contributed by atoms with Gasteiger partial charge < -0.3 is 19.3 Å². The Morgan fingerprint density at radius 1 is 1.40 bits per heavy atom. The average molecular weight is 303 g/mol. The van der Waals surface area contributed by atoms with E-state index in [0.29, 0.717) is 5.75 Å². The van der Waals surface area contributed by atoms with Gasteiger partial charge in [0.1, 0.15) is 0 Å². The quantitative estimate of drug-likeness (QED) is 0.819. The zero-order chi connectivity index (χ0) is 15.3. The van der Waals surface area contributed by atoms with Gasteiger partial charge in [0.05, 0.1) is 30.4 Å². The van der Waals surface area contributed by atoms with E-state index in [4.69, 9.17) is 25.8 Å². The van der Waals surface area contributed by atoms with Crippen LogP contribution in [0.15, 0.2) is 12.1 Å². The number of aliphatic hydroxyl groups is 1. The summed E-state index contributed by atoms with van der Waals surface area (Å²) in [6.45, 7) is 5.46. The Morgan fingerprint density at radius 2 is 2.05 bits per heavy atom. The van der Waals surface area contributed by atoms with E-state index in [1.165, 1.54) is 13.2 Å². The van der Waals surface area contributed by atoms with Crippen molar-refractivity contribution in [3.63, 3.8) is 0 Å². The molecule has 1 unspecified atom stereocenters. The zero-order valence-electron chi connectivity index (χ0n) is 12.0. The van der Waals surface area contributed by atoms with Crippen molar-refractivity contribution in [1.29, 1.82) is 0 Å². The molecule has 0 spiro atoms. The maximum absolute atomic E-state index is 11.7. The topological polar surface area (TPSA) is 65.0 Å². The molecular formula is C14H19ClO5. The lowest BCUT2D eigenvalue weighted by atomic mass is 10.1. The van der Waals surface area contributed by atoms with Crippen molar-refractivity contribution >= 4 is 17.6 Å². The van der Waals surface area contributed by atoms with E-state index in [1.807, 2.05) is 13.8 Å². The fourth-order valence-corrected chi connectivity index (χ4v) is 1.92. The maximum atomic E-state index is 11.7. The lowest BCUT2D eigenvalue weighted by molar-refractivity contribution is -0.153. The Hall–Kier alpha value is -1.46. The number of aliphatic hydroxyl groups excluding tert-OH is 1. The molecule has 0 saturated heterocycles. The molecule has 0 saturated carbocycles. The van der Waals surface area contributed by atoms with Crippen LogP contribution >= 0.6 is 11.6 Å². The van der Waals surface area contributed by atoms with E-state index in [1.54, 1.807) is 13.0 Å². The molecule has 1 atom stereocenters. The molecule has 0 aliphatic carbocycles. The van der Waals surface area contributed by atoms with Crippen molar-refractivity contribution < 1.29 is 24.1 Å². The van der Waals surface area contributed by atoms with E-state index in [0.717, 1.165) is 0 Å². The molecule has 0 radical (unpaired) electrons. The molecule has 112 valence electrons. The van der Waals surface area contributed by atoms with E-state index in [2.05, 4.69) is 0 Å². The Morgan fingerprint density at radius 3 is 2.55 bits per heavy atom. The van der Waals surface area contributed by atoms with Crippen LogP contribution in [-0.2, 0) is 9.53 Å². The number of esters is 1. The van der Waals surface area contributed by atoms with E-state index in [-0.39, 0.29) is 29.0 Å². The van der Waals surface area contributed by atoms with Crippen molar-refractivity contribution in [2.24, 2.45) is 0 Å². The molecule has 1 aromatic carbocycles. The number of ether oxygens (including phenoxy) is 3. The number of benzene rings is 1. The van der Waals surface area contributed by atoms with Crippen molar-refractivity contribution in [1.82, 2.24) is 0 Å². The first-order chi connectivity index (χ1) is 9.42. The minimum Gasteiger partial charge on any atom is -0.493 e. The molecule has 0 heterocycles. The summed E-state index contributed by atoms with van der Waals surface area (Å²) < 4.78 is 15.6. The maximum Gasteiger partial charge on any atom is 0.339 e. The van der Waals surface area contributed by atoms with Crippen LogP contribution in [0.4, 0.5) is 0 Å². The van der Waals surface area contributed by atoms with Gasteiger partial charge in [-0.3, -0.25) is 0 Å². The Balaban J connectivity index is 3.30. The number of hydrogen-bond acceptors (Lipinski definition) is 5. The smallest absolute Gasteiger partial charge is 0.339 e. The number of hydrogen-bond donors (Lipinski definition) is 1. The van der Waals surface area contributed by atoms with Crippen molar-refractivity contribution in [3.8, 4) is 11.5 Å². The summed E-state index contributed by atoms with van der Waals surface area (Å²) in [6, 6.07) is 3.15. The molecule has 6 heteroatoms. The third kappa shape index (κ3) is 3.77. The minimum atomic E-state index is -1.52. The number of halogens is 1. The number of carbonyl (C=O) groups excluding carboxylic acids is 1. The van der Waals surface area contributed by atoms with Crippen LogP contribution in [0.5, 0.6) is 11.5 Å². The third-order valence-electron chi connectivity index (χ3n) is 2.46. The van der Waals surface area contributed by atoms with E-state index < -0.39 is 12.1 Å². The lowest BCUT2D eigenvalue weighted by Gasteiger charge is -2.20. The highest BCUT2D eigenvalue weighted by atomic mass is 35.5. The Bertz CT molecular complexity index is 473. The summed E-state index contributed by atoms with van der Waals surface area (Å²) in [7, 11) is 1.47. The summed E-state index contributed by atoms with van der Waals surface area (Å²) in [4.78, 5) is 11.7. The first-order valence-corrected chi connectivity index (χ1v) is 6.67. The van der Waals surface area contributed by atoms with Gasteiger partial charge in [-0.05, 0) is 32.9 Å². The molecule has 1 N–H and O–H groups in total. The second-order valence-corrected chi connectivity index (χ2v) is 4.72. The molecule has 1 rings (SSSR count). The van der Waals surface area contributed by atoms with Gasteiger partial charge in [0.15, 0.2) is 17.6 Å². The van der Waals surface area contributed by atoms with E-state index >= 15 is 0 Å². The van der Waals surface area contributed by atoms with Gasteiger partial charge >= 0.3 is 5.97 Å². The van der Waals surface area contributed by atoms with E-state index in [9.17, 15) is 9.90 Å². The molecule has 0 fully saturated rings. The SMILES string of the molecule is CCOC(=O)C(O)c1c(Cl)ccc(OC)c1OC(C)C. The second-order valence-electron chi connectivity index (χ2n) is 4.31. The standard InChI is InChI=1S/C14H19ClO5/c1-5-19-14(17)12(16)11-9(15)6-7-10(18-4)13(11)20-8(2)3/h6-8,12,16H,5H2,1-4H3. The predicted octanol–water partition coefficient (Wildman–Crippen LogP) is 2.73. The molecule has 0 bridgehead atoms. The highest BCUT2D eigenvalue weighted by molar-refractivity contribution is 6.32. The summed E-state index contributed by atoms with van der Waals surface area (Å²) in [5.41, 5.74) is 0.151. The van der Waals surface area contributed by atoms with Crippen molar-refractivity contribution in [2.45, 2.75) is 33.0 Å². The fraction of sp³-hybridized carbons (Fsp3) is 0.500. The monoisotopic (exact) mass is 302 g/mol. The largest absolute Gasteiger partial charge is 0.493 e. The van der Waals surface area contributed by atoms with Gasteiger partial charge in [-0.1, -0.05) is 11.6 Å². The normalized spacial score (nSPS) is 12.2. The average Bonchev–Trinajstić information content (AvgIpc) is 2.38. The Labute approximate surface area is 123 Å². The molecular weight excluding hydrogens is 284 g/mol. The van der Waals surface area contributed by atoms with Gasteiger partial charge in [-0.15, -0.1) is 0 Å². The van der Waals surface area contributed by atoms with Gasteiger partial charge in [0.2, 0.25) is 0 Å². The molecule has 0 amide bonds. The van der Waals surface area contributed by atoms with Crippen LogP contribution < -0.4 is 9.47 Å². The summed E-state index contributed by atoms with van der Waals surface area (Å²) in [5.74, 6) is -0.145. The predicted molar refractivity (Wildman–Crippen MR) is 75.4 cm³/mol. The van der Waals surface area contributed by atoms with Crippen molar-refractivity contribution in [3.05, 3.63) is 22.7 Å². The van der Waals surface area contributed by atoms with Crippen LogP contribution in [0.3, 0.4) is 0 Å². The van der Waals surface area contributed by atoms with Crippen LogP contribution in [0.2, 0.25) is 5.02 Å². The van der Waals surface area contributed by atoms with Gasteiger partial charge in [-0.25, -0.2) is 4.79 Å².